The summed E-state index contributed by atoms with van der Waals surface area (Å²) in [7, 11) is 0. The Hall–Kier alpha value is -1.46. The fourth-order valence-electron chi connectivity index (χ4n) is 1.98. The van der Waals surface area contributed by atoms with E-state index >= 15 is 0 Å². The highest BCUT2D eigenvalue weighted by molar-refractivity contribution is 5.70. The monoisotopic (exact) mass is 233 g/mol. The van der Waals surface area contributed by atoms with E-state index in [4.69, 9.17) is 9.47 Å². The molecule has 17 heavy (non-hydrogen) atoms. The number of hydrogen-bond acceptors (Lipinski definition) is 4. The summed E-state index contributed by atoms with van der Waals surface area (Å²) in [5.74, 6) is 0.246. The van der Waals surface area contributed by atoms with Crippen molar-refractivity contribution >= 4 is 11.2 Å². The van der Waals surface area contributed by atoms with Gasteiger partial charge in [0.2, 0.25) is 0 Å². The first-order valence-corrected chi connectivity index (χ1v) is 5.68. The summed E-state index contributed by atoms with van der Waals surface area (Å²) >= 11 is 0. The van der Waals surface area contributed by atoms with E-state index in [1.54, 1.807) is 0 Å². The maximum atomic E-state index is 5.75. The number of rotatable bonds is 1. The highest BCUT2D eigenvalue weighted by Crippen LogP contribution is 2.31. The molecule has 5 heteroatoms. The van der Waals surface area contributed by atoms with Gasteiger partial charge in [0.15, 0.2) is 11.4 Å². The van der Waals surface area contributed by atoms with Crippen molar-refractivity contribution in [3.05, 3.63) is 23.7 Å². The molecule has 0 aliphatic carbocycles. The van der Waals surface area contributed by atoms with E-state index in [1.807, 2.05) is 32.9 Å². The molecule has 1 aliphatic rings. The van der Waals surface area contributed by atoms with Gasteiger partial charge in [0, 0.05) is 5.69 Å². The Kier molecular flexibility index (Phi) is 2.21. The highest BCUT2D eigenvalue weighted by Gasteiger charge is 2.35. The van der Waals surface area contributed by atoms with Gasteiger partial charge in [-0.2, -0.15) is 0 Å². The van der Waals surface area contributed by atoms with E-state index < -0.39 is 5.79 Å². The van der Waals surface area contributed by atoms with Crippen LogP contribution in [0.25, 0.3) is 11.2 Å². The predicted octanol–water partition coefficient (Wildman–Crippen LogP) is 2.09. The number of aryl methyl sites for hydroxylation is 1. The number of imidazole rings is 1. The minimum Gasteiger partial charge on any atom is -0.347 e. The molecule has 3 heterocycles. The summed E-state index contributed by atoms with van der Waals surface area (Å²) in [5.41, 5.74) is 2.62. The van der Waals surface area contributed by atoms with Crippen LogP contribution in [-0.2, 0) is 9.47 Å². The van der Waals surface area contributed by atoms with Crippen LogP contribution in [-0.4, -0.2) is 27.3 Å². The number of aromatic amines is 1. The highest BCUT2D eigenvalue weighted by atomic mass is 16.7. The largest absolute Gasteiger partial charge is 0.347 e. The molecule has 0 amide bonds. The smallest absolute Gasteiger partial charge is 0.178 e. The van der Waals surface area contributed by atoms with Crippen LogP contribution in [0.3, 0.4) is 0 Å². The third-order valence-corrected chi connectivity index (χ3v) is 2.82. The molecule has 90 valence electrons. The third kappa shape index (κ3) is 1.92. The number of nitrogens with zero attached hydrogens (tertiary/aromatic N) is 2. The second-order valence-corrected chi connectivity index (χ2v) is 4.76. The fraction of sp³-hybridized carbons (Fsp3) is 0.500. The summed E-state index contributed by atoms with van der Waals surface area (Å²) < 4.78 is 11.3. The first-order chi connectivity index (χ1) is 8.03. The average Bonchev–Trinajstić information content (AvgIpc) is 2.80. The minimum atomic E-state index is -0.535. The number of pyridine rings is 1. The molecule has 0 saturated carbocycles. The molecule has 1 saturated heterocycles. The number of fused-ring (bicyclic) bond motifs is 1. The lowest BCUT2D eigenvalue weighted by Crippen LogP contribution is -2.19. The molecule has 5 nitrogen and oxygen atoms in total. The van der Waals surface area contributed by atoms with Crippen molar-refractivity contribution in [3.63, 3.8) is 0 Å². The van der Waals surface area contributed by atoms with Crippen LogP contribution in [0.1, 0.15) is 31.5 Å². The van der Waals surface area contributed by atoms with Crippen LogP contribution in [0.5, 0.6) is 0 Å². The number of hydrogen-bond donors (Lipinski definition) is 1. The van der Waals surface area contributed by atoms with Crippen molar-refractivity contribution in [2.24, 2.45) is 0 Å². The lowest BCUT2D eigenvalue weighted by Gasteiger charge is -2.15. The van der Waals surface area contributed by atoms with Crippen molar-refractivity contribution < 1.29 is 9.47 Å². The molecule has 2 aromatic heterocycles. The molecule has 0 aromatic carbocycles. The molecule has 0 bridgehead atoms. The third-order valence-electron chi connectivity index (χ3n) is 2.82. The van der Waals surface area contributed by atoms with Crippen molar-refractivity contribution in [2.45, 2.75) is 32.7 Å². The van der Waals surface area contributed by atoms with Gasteiger partial charge in [-0.05, 0) is 32.9 Å². The Morgan fingerprint density at radius 2 is 2.18 bits per heavy atom. The standard InChI is InChI=1S/C12H15N3O2/c1-7-4-5-8-10(13-7)15-11(14-8)9-6-16-12(2,3)17-9/h4-5,9H,6H2,1-3H3,(H,13,14,15)/t9-/m1/s1. The normalized spacial score (nSPS) is 23.4. The molecular weight excluding hydrogens is 218 g/mol. The van der Waals surface area contributed by atoms with E-state index in [9.17, 15) is 0 Å². The number of H-pyrrole nitrogens is 1. The summed E-state index contributed by atoms with van der Waals surface area (Å²) in [6.07, 6.45) is -0.139. The topological polar surface area (TPSA) is 60.0 Å². The van der Waals surface area contributed by atoms with Gasteiger partial charge < -0.3 is 14.5 Å². The molecule has 2 aromatic rings. The fourth-order valence-corrected chi connectivity index (χ4v) is 1.98. The average molecular weight is 233 g/mol. The Balaban J connectivity index is 1.96. The molecule has 1 aliphatic heterocycles. The Bertz CT molecular complexity index is 562. The SMILES string of the molecule is Cc1ccc2[nH]c([C@H]3COC(C)(C)O3)nc2n1. The molecular formula is C12H15N3O2. The molecule has 1 N–H and O–H groups in total. The quantitative estimate of drug-likeness (QED) is 0.819. The second kappa shape index (κ2) is 3.51. The van der Waals surface area contributed by atoms with Gasteiger partial charge in [-0.1, -0.05) is 0 Å². The summed E-state index contributed by atoms with van der Waals surface area (Å²) in [4.78, 5) is 12.0. The zero-order chi connectivity index (χ0) is 12.0. The Labute approximate surface area is 99.2 Å². The molecule has 3 rings (SSSR count). The van der Waals surface area contributed by atoms with Crippen molar-refractivity contribution in [1.82, 2.24) is 15.0 Å². The first kappa shape index (κ1) is 10.7. The molecule has 1 atom stereocenters. The first-order valence-electron chi connectivity index (χ1n) is 5.68. The van der Waals surface area contributed by atoms with Crippen LogP contribution in [0, 0.1) is 6.92 Å². The number of aromatic nitrogens is 3. The van der Waals surface area contributed by atoms with Crippen LogP contribution in [0.4, 0.5) is 0 Å². The summed E-state index contributed by atoms with van der Waals surface area (Å²) in [6, 6.07) is 3.94. The van der Waals surface area contributed by atoms with E-state index in [2.05, 4.69) is 15.0 Å². The van der Waals surface area contributed by atoms with E-state index in [1.165, 1.54) is 0 Å². The van der Waals surface area contributed by atoms with Crippen LogP contribution < -0.4 is 0 Å². The maximum absolute atomic E-state index is 5.75. The summed E-state index contributed by atoms with van der Waals surface area (Å²) in [6.45, 7) is 6.27. The van der Waals surface area contributed by atoms with Gasteiger partial charge in [-0.15, -0.1) is 0 Å². The van der Waals surface area contributed by atoms with Crippen LogP contribution in [0.2, 0.25) is 0 Å². The Morgan fingerprint density at radius 1 is 1.35 bits per heavy atom. The Morgan fingerprint density at radius 3 is 2.88 bits per heavy atom. The van der Waals surface area contributed by atoms with Gasteiger partial charge in [-0.25, -0.2) is 9.97 Å². The number of nitrogens with one attached hydrogen (secondary N) is 1. The zero-order valence-corrected chi connectivity index (χ0v) is 10.2. The lowest BCUT2D eigenvalue weighted by atomic mass is 10.3. The van der Waals surface area contributed by atoms with Gasteiger partial charge in [0.1, 0.15) is 11.9 Å². The van der Waals surface area contributed by atoms with Crippen molar-refractivity contribution in [2.75, 3.05) is 6.61 Å². The predicted molar refractivity (Wildman–Crippen MR) is 62.5 cm³/mol. The molecule has 0 spiro atoms. The molecule has 1 fully saturated rings. The number of ether oxygens (including phenoxy) is 2. The maximum Gasteiger partial charge on any atom is 0.178 e. The van der Waals surface area contributed by atoms with Gasteiger partial charge in [-0.3, -0.25) is 0 Å². The minimum absolute atomic E-state index is 0.139. The van der Waals surface area contributed by atoms with E-state index in [0.29, 0.717) is 6.61 Å². The van der Waals surface area contributed by atoms with Crippen LogP contribution >= 0.6 is 0 Å². The van der Waals surface area contributed by atoms with E-state index in [0.717, 1.165) is 22.7 Å². The zero-order valence-electron chi connectivity index (χ0n) is 10.2. The molecule has 0 radical (unpaired) electrons. The summed E-state index contributed by atoms with van der Waals surface area (Å²) in [5, 5.41) is 0. The lowest BCUT2D eigenvalue weighted by molar-refractivity contribution is -0.139. The van der Waals surface area contributed by atoms with Gasteiger partial charge >= 0.3 is 0 Å². The van der Waals surface area contributed by atoms with Crippen LogP contribution in [0.15, 0.2) is 12.1 Å². The van der Waals surface area contributed by atoms with E-state index in [-0.39, 0.29) is 6.10 Å². The van der Waals surface area contributed by atoms with Gasteiger partial charge in [0.05, 0.1) is 12.1 Å². The second-order valence-electron chi connectivity index (χ2n) is 4.76. The molecule has 0 unspecified atom stereocenters. The van der Waals surface area contributed by atoms with Crippen molar-refractivity contribution in [3.8, 4) is 0 Å². The van der Waals surface area contributed by atoms with Gasteiger partial charge in [0.25, 0.3) is 0 Å². The van der Waals surface area contributed by atoms with Crippen molar-refractivity contribution in [1.29, 1.82) is 0 Å².